The molecule has 0 aliphatic heterocycles. The van der Waals surface area contributed by atoms with Gasteiger partial charge in [-0.25, -0.2) is 4.79 Å². The molecule has 0 unspecified atom stereocenters. The standard InChI is InChI=1S/C20H16F3NO5/c1-24(2)19(26)28-13-8-9-14-15(10-13)29-18(20(21,22)23)16(17(14)25)11-4-6-12(27-3)7-5-11/h4-10H,1-3H3. The minimum atomic E-state index is -4.92. The van der Waals surface area contributed by atoms with Gasteiger partial charge in [-0.15, -0.1) is 0 Å². The molecule has 9 heteroatoms. The van der Waals surface area contributed by atoms with Crippen molar-refractivity contribution in [2.75, 3.05) is 21.2 Å². The van der Waals surface area contributed by atoms with Gasteiger partial charge in [0.2, 0.25) is 11.2 Å². The second-order valence-corrected chi connectivity index (χ2v) is 6.28. The fourth-order valence-electron chi connectivity index (χ4n) is 2.65. The van der Waals surface area contributed by atoms with E-state index in [-0.39, 0.29) is 22.3 Å². The first-order chi connectivity index (χ1) is 13.6. The predicted molar refractivity (Wildman–Crippen MR) is 99.2 cm³/mol. The first kappa shape index (κ1) is 20.2. The lowest BCUT2D eigenvalue weighted by Gasteiger charge is -2.14. The zero-order valence-electron chi connectivity index (χ0n) is 15.7. The molecular formula is C20H16F3NO5. The van der Waals surface area contributed by atoms with E-state index in [4.69, 9.17) is 13.9 Å². The number of methoxy groups -OCH3 is 1. The Morgan fingerprint density at radius 1 is 1.03 bits per heavy atom. The van der Waals surface area contributed by atoms with Gasteiger partial charge in [0, 0.05) is 20.2 Å². The van der Waals surface area contributed by atoms with Crippen LogP contribution in [0.4, 0.5) is 18.0 Å². The Balaban J connectivity index is 2.22. The van der Waals surface area contributed by atoms with Gasteiger partial charge in [-0.1, -0.05) is 12.1 Å². The van der Waals surface area contributed by atoms with Gasteiger partial charge in [0.05, 0.1) is 18.1 Å². The lowest BCUT2D eigenvalue weighted by molar-refractivity contribution is -0.152. The van der Waals surface area contributed by atoms with E-state index >= 15 is 0 Å². The van der Waals surface area contributed by atoms with Gasteiger partial charge in [0.25, 0.3) is 0 Å². The molecule has 0 fully saturated rings. The van der Waals surface area contributed by atoms with Crippen LogP contribution in [0.25, 0.3) is 22.1 Å². The van der Waals surface area contributed by atoms with Gasteiger partial charge in [-0.2, -0.15) is 13.2 Å². The molecule has 152 valence electrons. The Bertz CT molecular complexity index is 1120. The van der Waals surface area contributed by atoms with Crippen LogP contribution in [0.5, 0.6) is 11.5 Å². The van der Waals surface area contributed by atoms with Crippen LogP contribution in [0.15, 0.2) is 51.7 Å². The van der Waals surface area contributed by atoms with E-state index in [0.717, 1.165) is 11.0 Å². The molecule has 0 bridgehead atoms. The van der Waals surface area contributed by atoms with E-state index in [2.05, 4.69) is 0 Å². The molecule has 3 aromatic rings. The highest BCUT2D eigenvalue weighted by Crippen LogP contribution is 2.38. The summed E-state index contributed by atoms with van der Waals surface area (Å²) in [5, 5.41) is -0.0755. The summed E-state index contributed by atoms with van der Waals surface area (Å²) < 4.78 is 56.0. The van der Waals surface area contributed by atoms with Gasteiger partial charge in [-0.05, 0) is 29.8 Å². The van der Waals surface area contributed by atoms with Crippen LogP contribution in [0, 0.1) is 0 Å². The smallest absolute Gasteiger partial charge is 0.450 e. The number of carbonyl (C=O) groups is 1. The summed E-state index contributed by atoms with van der Waals surface area (Å²) in [7, 11) is 4.32. The van der Waals surface area contributed by atoms with E-state index in [1.165, 1.54) is 57.6 Å². The minimum absolute atomic E-state index is 0.0388. The molecule has 0 radical (unpaired) electrons. The highest BCUT2D eigenvalue weighted by molar-refractivity contribution is 5.84. The molecule has 0 N–H and O–H groups in total. The third kappa shape index (κ3) is 4.03. The minimum Gasteiger partial charge on any atom is -0.497 e. The molecule has 0 spiro atoms. The van der Waals surface area contributed by atoms with Crippen LogP contribution in [-0.4, -0.2) is 32.2 Å². The van der Waals surface area contributed by atoms with Crippen molar-refractivity contribution in [1.29, 1.82) is 0 Å². The fourth-order valence-corrected chi connectivity index (χ4v) is 2.65. The largest absolute Gasteiger partial charge is 0.497 e. The predicted octanol–water partition coefficient (Wildman–Crippen LogP) is 4.55. The Labute approximate surface area is 163 Å². The van der Waals surface area contributed by atoms with Crippen molar-refractivity contribution in [3.63, 3.8) is 0 Å². The number of amides is 1. The summed E-state index contributed by atoms with van der Waals surface area (Å²) in [6, 6.07) is 9.23. The van der Waals surface area contributed by atoms with Crippen molar-refractivity contribution in [3.8, 4) is 22.6 Å². The maximum atomic E-state index is 13.7. The third-order valence-corrected chi connectivity index (χ3v) is 4.07. The lowest BCUT2D eigenvalue weighted by Crippen LogP contribution is -2.25. The van der Waals surface area contributed by atoms with Crippen LogP contribution in [0.3, 0.4) is 0 Å². The number of alkyl halides is 3. The zero-order valence-corrected chi connectivity index (χ0v) is 15.7. The summed E-state index contributed by atoms with van der Waals surface area (Å²) in [4.78, 5) is 25.7. The molecule has 1 amide bonds. The number of halogens is 3. The van der Waals surface area contributed by atoms with Gasteiger partial charge in [0.15, 0.2) is 0 Å². The number of ether oxygens (including phenoxy) is 2. The molecule has 0 aliphatic carbocycles. The normalized spacial score (nSPS) is 11.4. The van der Waals surface area contributed by atoms with E-state index in [0.29, 0.717) is 5.75 Å². The maximum Gasteiger partial charge on any atom is 0.450 e. The first-order valence-electron chi connectivity index (χ1n) is 8.33. The number of hydrogen-bond donors (Lipinski definition) is 0. The van der Waals surface area contributed by atoms with Crippen LogP contribution in [0.1, 0.15) is 5.76 Å². The molecule has 29 heavy (non-hydrogen) atoms. The highest BCUT2D eigenvalue weighted by atomic mass is 19.4. The van der Waals surface area contributed by atoms with E-state index < -0.39 is 29.0 Å². The van der Waals surface area contributed by atoms with Crippen LogP contribution < -0.4 is 14.9 Å². The molecule has 0 atom stereocenters. The molecule has 1 heterocycles. The molecule has 3 rings (SSSR count). The molecule has 0 aliphatic rings. The zero-order chi connectivity index (χ0) is 21.3. The Kier molecular flexibility index (Phi) is 5.23. The van der Waals surface area contributed by atoms with Crippen molar-refractivity contribution in [3.05, 3.63) is 58.4 Å². The van der Waals surface area contributed by atoms with Gasteiger partial charge >= 0.3 is 12.3 Å². The monoisotopic (exact) mass is 407 g/mol. The Morgan fingerprint density at radius 2 is 1.66 bits per heavy atom. The van der Waals surface area contributed by atoms with E-state index in [9.17, 15) is 22.8 Å². The van der Waals surface area contributed by atoms with Crippen molar-refractivity contribution < 1.29 is 31.9 Å². The first-order valence-corrected chi connectivity index (χ1v) is 8.33. The average molecular weight is 407 g/mol. The molecule has 6 nitrogen and oxygen atoms in total. The Hall–Kier alpha value is -3.49. The summed E-state index contributed by atoms with van der Waals surface area (Å²) in [6.45, 7) is 0. The van der Waals surface area contributed by atoms with Crippen molar-refractivity contribution in [1.82, 2.24) is 4.90 Å². The lowest BCUT2D eigenvalue weighted by atomic mass is 10.0. The van der Waals surface area contributed by atoms with Gasteiger partial charge in [-0.3, -0.25) is 4.79 Å². The number of hydrogen-bond acceptors (Lipinski definition) is 5. The molecule has 0 saturated carbocycles. The van der Waals surface area contributed by atoms with Crippen molar-refractivity contribution in [2.45, 2.75) is 6.18 Å². The second-order valence-electron chi connectivity index (χ2n) is 6.28. The van der Waals surface area contributed by atoms with Crippen molar-refractivity contribution in [2.24, 2.45) is 0 Å². The Morgan fingerprint density at radius 3 is 2.21 bits per heavy atom. The van der Waals surface area contributed by atoms with Crippen LogP contribution in [-0.2, 0) is 6.18 Å². The quantitative estimate of drug-likeness (QED) is 0.637. The molecule has 1 aromatic heterocycles. The summed E-state index contributed by atoms with van der Waals surface area (Å²) in [5.41, 5.74) is -1.76. The number of fused-ring (bicyclic) bond motifs is 1. The SMILES string of the molecule is COc1ccc(-c2c(C(F)(F)F)oc3cc(OC(=O)N(C)C)ccc3c2=O)cc1. The van der Waals surface area contributed by atoms with Crippen LogP contribution in [0.2, 0.25) is 0 Å². The molecular weight excluding hydrogens is 391 g/mol. The number of nitrogens with zero attached hydrogens (tertiary/aromatic N) is 1. The summed E-state index contributed by atoms with van der Waals surface area (Å²) >= 11 is 0. The number of rotatable bonds is 3. The fraction of sp³-hybridized carbons (Fsp3) is 0.200. The average Bonchev–Trinajstić information content (AvgIpc) is 2.67. The third-order valence-electron chi connectivity index (χ3n) is 4.07. The van der Waals surface area contributed by atoms with Gasteiger partial charge < -0.3 is 18.8 Å². The van der Waals surface area contributed by atoms with Gasteiger partial charge in [0.1, 0.15) is 17.1 Å². The highest BCUT2D eigenvalue weighted by Gasteiger charge is 2.39. The summed E-state index contributed by atoms with van der Waals surface area (Å²) in [6.07, 6.45) is -5.64. The molecule has 2 aromatic carbocycles. The number of benzene rings is 2. The summed E-state index contributed by atoms with van der Waals surface area (Å²) in [5.74, 6) is -1.05. The van der Waals surface area contributed by atoms with E-state index in [1.807, 2.05) is 0 Å². The maximum absolute atomic E-state index is 13.7. The van der Waals surface area contributed by atoms with Crippen LogP contribution >= 0.6 is 0 Å². The van der Waals surface area contributed by atoms with E-state index in [1.54, 1.807) is 0 Å². The van der Waals surface area contributed by atoms with Crippen molar-refractivity contribution >= 4 is 17.1 Å². The topological polar surface area (TPSA) is 69.0 Å². The molecule has 0 saturated heterocycles. The number of carbonyl (C=O) groups excluding carboxylic acids is 1. The second kappa shape index (κ2) is 7.50.